The van der Waals surface area contributed by atoms with Crippen LogP contribution in [0, 0.1) is 0 Å². The molecule has 2 aromatic carbocycles. The van der Waals surface area contributed by atoms with Crippen molar-refractivity contribution >= 4 is 29.3 Å². The Morgan fingerprint density at radius 2 is 1.90 bits per heavy atom. The molecule has 3 nitrogen and oxygen atoms in total. The molecule has 0 spiro atoms. The monoisotopic (exact) mass is 319 g/mol. The van der Waals surface area contributed by atoms with Gasteiger partial charge in [0.15, 0.2) is 6.23 Å². The van der Waals surface area contributed by atoms with E-state index in [1.165, 1.54) is 0 Å². The molecule has 0 aromatic heterocycles. The first-order chi connectivity index (χ1) is 10.2. The van der Waals surface area contributed by atoms with Crippen molar-refractivity contribution in [2.75, 3.05) is 5.75 Å². The number of nitrogens with one attached hydrogen (secondary N) is 1. The van der Waals surface area contributed by atoms with E-state index in [0.29, 0.717) is 11.3 Å². The zero-order valence-electron chi connectivity index (χ0n) is 11.2. The smallest absolute Gasteiger partial charge is 0.257 e. The Morgan fingerprint density at radius 3 is 2.71 bits per heavy atom. The molecule has 1 N–H and O–H groups in total. The van der Waals surface area contributed by atoms with Crippen LogP contribution in [-0.4, -0.2) is 17.9 Å². The minimum Gasteiger partial charge on any atom is -0.470 e. The van der Waals surface area contributed by atoms with Crippen LogP contribution in [0.25, 0.3) is 0 Å². The Morgan fingerprint density at radius 1 is 1.14 bits per heavy atom. The maximum atomic E-state index is 12.0. The molecule has 21 heavy (non-hydrogen) atoms. The van der Waals surface area contributed by atoms with Gasteiger partial charge in [0.25, 0.3) is 5.91 Å². The predicted molar refractivity (Wildman–Crippen MR) is 85.1 cm³/mol. The van der Waals surface area contributed by atoms with Crippen LogP contribution in [0.1, 0.15) is 16.8 Å². The number of para-hydroxylation sites is 1. The van der Waals surface area contributed by atoms with Crippen molar-refractivity contribution in [3.05, 3.63) is 59.1 Å². The van der Waals surface area contributed by atoms with Gasteiger partial charge in [-0.05, 0) is 36.4 Å². The topological polar surface area (TPSA) is 38.3 Å². The Labute approximate surface area is 132 Å². The average molecular weight is 320 g/mol. The summed E-state index contributed by atoms with van der Waals surface area (Å²) in [5.41, 5.74) is 0.596. The van der Waals surface area contributed by atoms with Gasteiger partial charge in [0.05, 0.1) is 5.56 Å². The normalized spacial score (nSPS) is 16.8. The van der Waals surface area contributed by atoms with Crippen LogP contribution in [0.2, 0.25) is 5.02 Å². The van der Waals surface area contributed by atoms with Crippen molar-refractivity contribution in [1.29, 1.82) is 0 Å². The largest absolute Gasteiger partial charge is 0.470 e. The summed E-state index contributed by atoms with van der Waals surface area (Å²) in [5, 5.41) is 3.61. The van der Waals surface area contributed by atoms with Crippen LogP contribution in [0.4, 0.5) is 0 Å². The Hall–Kier alpha value is -1.65. The van der Waals surface area contributed by atoms with Crippen LogP contribution in [-0.2, 0) is 0 Å². The van der Waals surface area contributed by atoms with E-state index in [-0.39, 0.29) is 12.1 Å². The first-order valence-electron chi connectivity index (χ1n) is 6.67. The lowest BCUT2D eigenvalue weighted by Gasteiger charge is -2.26. The van der Waals surface area contributed by atoms with E-state index < -0.39 is 0 Å². The summed E-state index contributed by atoms with van der Waals surface area (Å²) in [7, 11) is 0. The number of amides is 1. The van der Waals surface area contributed by atoms with Crippen LogP contribution >= 0.6 is 23.4 Å². The molecule has 1 aliphatic heterocycles. The minimum absolute atomic E-state index is 0.0710. The molecule has 0 aliphatic carbocycles. The number of ether oxygens (including phenoxy) is 1. The molecule has 1 heterocycles. The summed E-state index contributed by atoms with van der Waals surface area (Å²) in [5.74, 6) is 1.44. The quantitative estimate of drug-likeness (QED) is 0.867. The second-order valence-electron chi connectivity index (χ2n) is 4.67. The number of halogens is 1. The van der Waals surface area contributed by atoms with Crippen LogP contribution in [0.15, 0.2) is 53.4 Å². The minimum atomic E-state index is -0.271. The second-order valence-corrected chi connectivity index (χ2v) is 6.27. The molecule has 1 atom stereocenters. The Bertz CT molecular complexity index is 645. The molecule has 108 valence electrons. The predicted octanol–water partition coefficient (Wildman–Crippen LogP) is 3.97. The molecule has 0 fully saturated rings. The van der Waals surface area contributed by atoms with E-state index >= 15 is 0 Å². The highest BCUT2D eigenvalue weighted by Gasteiger charge is 2.24. The van der Waals surface area contributed by atoms with Gasteiger partial charge in [-0.1, -0.05) is 23.7 Å². The number of rotatable bonds is 4. The molecule has 0 saturated heterocycles. The van der Waals surface area contributed by atoms with Gasteiger partial charge >= 0.3 is 0 Å². The van der Waals surface area contributed by atoms with Gasteiger partial charge < -0.3 is 10.1 Å². The van der Waals surface area contributed by atoms with Gasteiger partial charge in [-0.15, -0.1) is 11.8 Å². The summed E-state index contributed by atoms with van der Waals surface area (Å²) in [6, 6.07) is 15.0. The number of fused-ring (bicyclic) bond motifs is 1. The average Bonchev–Trinajstić information content (AvgIpc) is 2.49. The summed E-state index contributed by atoms with van der Waals surface area (Å²) >= 11 is 7.57. The van der Waals surface area contributed by atoms with Gasteiger partial charge in [0, 0.05) is 22.1 Å². The Balaban J connectivity index is 1.55. The number of carbonyl (C=O) groups is 1. The molecular weight excluding hydrogens is 306 g/mol. The fourth-order valence-electron chi connectivity index (χ4n) is 2.11. The van der Waals surface area contributed by atoms with Crippen molar-refractivity contribution in [1.82, 2.24) is 5.32 Å². The van der Waals surface area contributed by atoms with Gasteiger partial charge in [-0.25, -0.2) is 0 Å². The molecule has 2 aromatic rings. The van der Waals surface area contributed by atoms with Crippen molar-refractivity contribution in [2.45, 2.75) is 17.5 Å². The maximum Gasteiger partial charge on any atom is 0.257 e. The third kappa shape index (κ3) is 3.52. The molecule has 5 heteroatoms. The Kier molecular flexibility index (Phi) is 4.36. The number of hydrogen-bond acceptors (Lipinski definition) is 3. The van der Waals surface area contributed by atoms with Crippen molar-refractivity contribution < 1.29 is 9.53 Å². The van der Waals surface area contributed by atoms with E-state index in [4.69, 9.17) is 16.3 Å². The fraction of sp³-hybridized carbons (Fsp3) is 0.188. The number of benzene rings is 2. The van der Waals surface area contributed by atoms with Crippen molar-refractivity contribution in [3.8, 4) is 5.75 Å². The van der Waals surface area contributed by atoms with Crippen molar-refractivity contribution in [2.24, 2.45) is 0 Å². The van der Waals surface area contributed by atoms with Gasteiger partial charge in [0.2, 0.25) is 0 Å². The summed E-state index contributed by atoms with van der Waals surface area (Å²) in [4.78, 5) is 13.1. The van der Waals surface area contributed by atoms with E-state index in [1.54, 1.807) is 17.8 Å². The number of thioether (sulfide) groups is 1. The SMILES string of the molecule is O=C1NC(CCSc2ccc(Cl)cc2)Oc2ccccc21. The maximum absolute atomic E-state index is 12.0. The molecule has 1 unspecified atom stereocenters. The number of hydrogen-bond donors (Lipinski definition) is 1. The van der Waals surface area contributed by atoms with Gasteiger partial charge in [-0.2, -0.15) is 0 Å². The molecule has 3 rings (SSSR count). The lowest BCUT2D eigenvalue weighted by Crippen LogP contribution is -2.43. The number of carbonyl (C=O) groups excluding carboxylic acids is 1. The van der Waals surface area contributed by atoms with Crippen LogP contribution in [0.3, 0.4) is 0 Å². The lowest BCUT2D eigenvalue weighted by molar-refractivity contribution is 0.0752. The molecule has 0 saturated carbocycles. The zero-order valence-corrected chi connectivity index (χ0v) is 12.8. The van der Waals surface area contributed by atoms with E-state index in [9.17, 15) is 4.79 Å². The first kappa shape index (κ1) is 14.3. The third-order valence-corrected chi connectivity index (χ3v) is 4.45. The molecule has 0 bridgehead atoms. The molecule has 0 radical (unpaired) electrons. The van der Waals surface area contributed by atoms with E-state index in [1.807, 2.05) is 42.5 Å². The molecule has 1 aliphatic rings. The zero-order chi connectivity index (χ0) is 14.7. The summed E-state index contributed by atoms with van der Waals surface area (Å²) in [6.07, 6.45) is 0.472. The van der Waals surface area contributed by atoms with E-state index in [2.05, 4.69) is 5.32 Å². The van der Waals surface area contributed by atoms with Gasteiger partial charge in [0.1, 0.15) is 5.75 Å². The van der Waals surface area contributed by atoms with Gasteiger partial charge in [-0.3, -0.25) is 4.79 Å². The lowest BCUT2D eigenvalue weighted by atomic mass is 10.1. The highest BCUT2D eigenvalue weighted by Crippen LogP contribution is 2.26. The molecule has 1 amide bonds. The first-order valence-corrected chi connectivity index (χ1v) is 8.03. The highest BCUT2D eigenvalue weighted by molar-refractivity contribution is 7.99. The fourth-order valence-corrected chi connectivity index (χ4v) is 3.13. The standard InChI is InChI=1S/C16H14ClNO2S/c17-11-5-7-12(8-6-11)21-10-9-15-18-16(19)13-3-1-2-4-14(13)20-15/h1-8,15H,9-10H2,(H,18,19). The second kappa shape index (κ2) is 6.41. The third-order valence-electron chi connectivity index (χ3n) is 3.16. The highest BCUT2D eigenvalue weighted by atomic mass is 35.5. The van der Waals surface area contributed by atoms with Crippen LogP contribution in [0.5, 0.6) is 5.75 Å². The summed E-state index contributed by atoms with van der Waals surface area (Å²) < 4.78 is 5.79. The van der Waals surface area contributed by atoms with Crippen molar-refractivity contribution in [3.63, 3.8) is 0 Å². The van der Waals surface area contributed by atoms with Crippen LogP contribution < -0.4 is 10.1 Å². The molecular formula is C16H14ClNO2S. The van der Waals surface area contributed by atoms with E-state index in [0.717, 1.165) is 22.1 Å². The summed E-state index contributed by atoms with van der Waals surface area (Å²) in [6.45, 7) is 0.